The van der Waals surface area contributed by atoms with Gasteiger partial charge in [0.1, 0.15) is 0 Å². The zero-order valence-corrected chi connectivity index (χ0v) is 13.3. The summed E-state index contributed by atoms with van der Waals surface area (Å²) in [6.45, 7) is 2.51. The number of carbonyl (C=O) groups is 1. The Hall–Kier alpha value is -1.04. The number of amides is 1. The summed E-state index contributed by atoms with van der Waals surface area (Å²) >= 11 is 1.66. The zero-order chi connectivity index (χ0) is 14.7. The van der Waals surface area contributed by atoms with Gasteiger partial charge in [-0.1, -0.05) is 12.1 Å². The summed E-state index contributed by atoms with van der Waals surface area (Å²) in [5, 5.41) is 6.70. The molecule has 2 saturated heterocycles. The van der Waals surface area contributed by atoms with E-state index in [1.807, 2.05) is 30.5 Å². The fourth-order valence-corrected chi connectivity index (χ4v) is 3.85. The smallest absolute Gasteiger partial charge is 0.238 e. The molecule has 2 aliphatic heterocycles. The highest BCUT2D eigenvalue weighted by atomic mass is 32.2. The van der Waals surface area contributed by atoms with Crippen molar-refractivity contribution in [3.8, 4) is 0 Å². The van der Waals surface area contributed by atoms with Crippen LogP contribution >= 0.6 is 11.8 Å². The third kappa shape index (κ3) is 3.78. The average molecular weight is 305 g/mol. The third-order valence-electron chi connectivity index (χ3n) is 4.36. The number of anilines is 1. The zero-order valence-electron chi connectivity index (χ0n) is 12.5. The number of hydrogen-bond acceptors (Lipinski definition) is 4. The number of para-hydroxylation sites is 1. The van der Waals surface area contributed by atoms with Gasteiger partial charge in [-0.2, -0.15) is 0 Å². The van der Waals surface area contributed by atoms with Crippen molar-refractivity contribution in [2.45, 2.75) is 36.2 Å². The molecule has 0 aliphatic carbocycles. The maximum Gasteiger partial charge on any atom is 0.238 e. The summed E-state index contributed by atoms with van der Waals surface area (Å²) in [5.74, 6) is 0.0919. The molecule has 1 aromatic carbocycles. The van der Waals surface area contributed by atoms with Crippen LogP contribution in [0, 0.1) is 0 Å². The number of hydrogen-bond donors (Lipinski definition) is 2. The predicted molar refractivity (Wildman–Crippen MR) is 87.9 cm³/mol. The highest BCUT2D eigenvalue weighted by molar-refractivity contribution is 7.98. The van der Waals surface area contributed by atoms with Crippen LogP contribution in [0.4, 0.5) is 5.69 Å². The largest absolute Gasteiger partial charge is 0.324 e. The van der Waals surface area contributed by atoms with Crippen LogP contribution in [0.3, 0.4) is 0 Å². The van der Waals surface area contributed by atoms with Crippen LogP contribution in [-0.2, 0) is 4.79 Å². The lowest BCUT2D eigenvalue weighted by Gasteiger charge is -2.23. The molecule has 3 rings (SSSR count). The number of rotatable bonds is 4. The Morgan fingerprint density at radius 1 is 1.33 bits per heavy atom. The maximum absolute atomic E-state index is 12.3. The highest BCUT2D eigenvalue weighted by Crippen LogP contribution is 2.25. The van der Waals surface area contributed by atoms with Crippen LogP contribution in [0.25, 0.3) is 0 Å². The second-order valence-corrected chi connectivity index (χ2v) is 6.76. The van der Waals surface area contributed by atoms with Crippen molar-refractivity contribution in [2.24, 2.45) is 0 Å². The van der Waals surface area contributed by atoms with Gasteiger partial charge in [0.05, 0.1) is 12.2 Å². The lowest BCUT2D eigenvalue weighted by atomic mass is 10.1. The molecule has 1 amide bonds. The van der Waals surface area contributed by atoms with Crippen molar-refractivity contribution in [1.29, 1.82) is 0 Å². The number of likely N-dealkylation sites (tertiary alicyclic amines) is 1. The maximum atomic E-state index is 12.3. The highest BCUT2D eigenvalue weighted by Gasteiger charge is 2.29. The van der Waals surface area contributed by atoms with E-state index in [2.05, 4.69) is 15.5 Å². The van der Waals surface area contributed by atoms with Crippen molar-refractivity contribution >= 4 is 23.4 Å². The standard InChI is InChI=1S/C16H23N3OS/c1-21-15-5-3-2-4-14(15)18-16(20)11-19-9-8-12-6-7-13(10-19)17-12/h2-5,12-13,17H,6-11H2,1H3,(H,18,20). The Morgan fingerprint density at radius 3 is 3.00 bits per heavy atom. The van der Waals surface area contributed by atoms with Crippen LogP contribution in [0.2, 0.25) is 0 Å². The summed E-state index contributed by atoms with van der Waals surface area (Å²) in [4.78, 5) is 15.7. The molecule has 0 radical (unpaired) electrons. The van der Waals surface area contributed by atoms with Gasteiger partial charge in [0.2, 0.25) is 5.91 Å². The molecule has 2 fully saturated rings. The second-order valence-electron chi connectivity index (χ2n) is 5.91. The molecule has 2 aliphatic rings. The molecule has 2 unspecified atom stereocenters. The minimum Gasteiger partial charge on any atom is -0.324 e. The summed E-state index contributed by atoms with van der Waals surface area (Å²) < 4.78 is 0. The molecule has 4 nitrogen and oxygen atoms in total. The minimum absolute atomic E-state index is 0.0919. The van der Waals surface area contributed by atoms with Gasteiger partial charge < -0.3 is 10.6 Å². The predicted octanol–water partition coefficient (Wildman–Crippen LogP) is 2.17. The van der Waals surface area contributed by atoms with Gasteiger partial charge in [0, 0.05) is 30.1 Å². The molecule has 2 atom stereocenters. The van der Waals surface area contributed by atoms with Gasteiger partial charge in [-0.25, -0.2) is 0 Å². The van der Waals surface area contributed by atoms with E-state index < -0.39 is 0 Å². The Morgan fingerprint density at radius 2 is 2.14 bits per heavy atom. The molecular formula is C16H23N3OS. The van der Waals surface area contributed by atoms with E-state index in [1.54, 1.807) is 11.8 Å². The van der Waals surface area contributed by atoms with Gasteiger partial charge in [-0.05, 0) is 37.7 Å². The van der Waals surface area contributed by atoms with Crippen molar-refractivity contribution < 1.29 is 4.79 Å². The Bertz CT molecular complexity index is 508. The van der Waals surface area contributed by atoms with E-state index in [0.717, 1.165) is 30.1 Å². The first kappa shape index (κ1) is 14.9. The average Bonchev–Trinajstić information content (AvgIpc) is 2.82. The van der Waals surface area contributed by atoms with E-state index >= 15 is 0 Å². The van der Waals surface area contributed by atoms with Crippen LogP contribution in [0.15, 0.2) is 29.2 Å². The Balaban J connectivity index is 1.56. The molecule has 114 valence electrons. The minimum atomic E-state index is 0.0919. The SMILES string of the molecule is CSc1ccccc1NC(=O)CN1CCC2CCC(C1)N2. The first-order valence-electron chi connectivity index (χ1n) is 7.66. The summed E-state index contributed by atoms with van der Waals surface area (Å²) in [6.07, 6.45) is 5.73. The number of thioether (sulfide) groups is 1. The van der Waals surface area contributed by atoms with Crippen LogP contribution in [0.1, 0.15) is 19.3 Å². The molecule has 2 N–H and O–H groups in total. The van der Waals surface area contributed by atoms with Crippen molar-refractivity contribution in [2.75, 3.05) is 31.2 Å². The molecule has 1 aromatic rings. The van der Waals surface area contributed by atoms with E-state index in [9.17, 15) is 4.79 Å². The monoisotopic (exact) mass is 305 g/mol. The third-order valence-corrected chi connectivity index (χ3v) is 5.15. The first-order valence-corrected chi connectivity index (χ1v) is 8.88. The number of fused-ring (bicyclic) bond motifs is 2. The van der Waals surface area contributed by atoms with Crippen molar-refractivity contribution in [3.05, 3.63) is 24.3 Å². The molecule has 0 saturated carbocycles. The van der Waals surface area contributed by atoms with Gasteiger partial charge in [-0.3, -0.25) is 9.69 Å². The topological polar surface area (TPSA) is 44.4 Å². The van der Waals surface area contributed by atoms with Crippen LogP contribution in [0.5, 0.6) is 0 Å². The van der Waals surface area contributed by atoms with E-state index in [1.165, 1.54) is 12.8 Å². The van der Waals surface area contributed by atoms with Gasteiger partial charge in [-0.15, -0.1) is 11.8 Å². The summed E-state index contributed by atoms with van der Waals surface area (Å²) in [5.41, 5.74) is 0.921. The quantitative estimate of drug-likeness (QED) is 0.837. The van der Waals surface area contributed by atoms with Crippen LogP contribution < -0.4 is 10.6 Å². The fraction of sp³-hybridized carbons (Fsp3) is 0.562. The molecule has 2 bridgehead atoms. The fourth-order valence-electron chi connectivity index (χ4n) is 3.30. The van der Waals surface area contributed by atoms with Gasteiger partial charge in [0.25, 0.3) is 0 Å². The Labute approximate surface area is 130 Å². The van der Waals surface area contributed by atoms with Gasteiger partial charge in [0.15, 0.2) is 0 Å². The van der Waals surface area contributed by atoms with Gasteiger partial charge >= 0.3 is 0 Å². The molecule has 21 heavy (non-hydrogen) atoms. The summed E-state index contributed by atoms with van der Waals surface area (Å²) in [7, 11) is 0. The number of carbonyl (C=O) groups excluding carboxylic acids is 1. The summed E-state index contributed by atoms with van der Waals surface area (Å²) in [6, 6.07) is 9.21. The van der Waals surface area contributed by atoms with Crippen molar-refractivity contribution in [1.82, 2.24) is 10.2 Å². The molecule has 2 heterocycles. The normalized spacial score (nSPS) is 25.6. The van der Waals surface area contributed by atoms with E-state index in [-0.39, 0.29) is 5.91 Å². The van der Waals surface area contributed by atoms with E-state index in [4.69, 9.17) is 0 Å². The molecule has 0 spiro atoms. The Kier molecular flexibility index (Phi) is 4.83. The lowest BCUT2D eigenvalue weighted by molar-refractivity contribution is -0.117. The number of nitrogens with one attached hydrogen (secondary N) is 2. The molecular weight excluding hydrogens is 282 g/mol. The van der Waals surface area contributed by atoms with Crippen molar-refractivity contribution in [3.63, 3.8) is 0 Å². The number of nitrogens with zero attached hydrogens (tertiary/aromatic N) is 1. The van der Waals surface area contributed by atoms with E-state index in [0.29, 0.717) is 18.6 Å². The van der Waals surface area contributed by atoms with Crippen LogP contribution in [-0.4, -0.2) is 48.8 Å². The second kappa shape index (κ2) is 6.81. The first-order chi connectivity index (χ1) is 10.2. The number of benzene rings is 1. The molecule has 5 heteroatoms. The molecule has 0 aromatic heterocycles. The lowest BCUT2D eigenvalue weighted by Crippen LogP contribution is -2.39.